The van der Waals surface area contributed by atoms with E-state index in [2.05, 4.69) is 50.0 Å². The highest BCUT2D eigenvalue weighted by atomic mass is 35.5. The lowest BCUT2D eigenvalue weighted by Crippen LogP contribution is -2.44. The van der Waals surface area contributed by atoms with Gasteiger partial charge in [-0.3, -0.25) is 14.4 Å². The molecular formula is C41H44Cl2N2O5. The number of nitrogens with one attached hydrogen (secondary N) is 1. The molecule has 1 aliphatic heterocycles. The molecule has 0 bridgehead atoms. The van der Waals surface area contributed by atoms with Crippen LogP contribution in [0.1, 0.15) is 82.9 Å². The Bertz CT molecular complexity index is 1870. The molecule has 3 aromatic rings. The van der Waals surface area contributed by atoms with Crippen LogP contribution in [0.2, 0.25) is 10.0 Å². The van der Waals surface area contributed by atoms with Crippen LogP contribution in [-0.4, -0.2) is 35.6 Å². The number of aryl methyl sites for hydroxylation is 1. The van der Waals surface area contributed by atoms with E-state index in [9.17, 15) is 14.4 Å². The van der Waals surface area contributed by atoms with Gasteiger partial charge in [0, 0.05) is 58.6 Å². The molecule has 262 valence electrons. The second kappa shape index (κ2) is 13.9. The van der Waals surface area contributed by atoms with Crippen LogP contribution >= 0.6 is 23.2 Å². The van der Waals surface area contributed by atoms with Gasteiger partial charge in [-0.2, -0.15) is 0 Å². The minimum Gasteiger partial charge on any atom is -0.490 e. The van der Waals surface area contributed by atoms with E-state index in [4.69, 9.17) is 32.7 Å². The molecule has 0 radical (unpaired) electrons. The van der Waals surface area contributed by atoms with Crippen molar-refractivity contribution in [3.05, 3.63) is 110 Å². The molecule has 50 heavy (non-hydrogen) atoms. The van der Waals surface area contributed by atoms with Gasteiger partial charge in [0.15, 0.2) is 29.7 Å². The van der Waals surface area contributed by atoms with E-state index < -0.39 is 11.8 Å². The number of hydrogen-bond donors (Lipinski definition) is 1. The Morgan fingerprint density at radius 1 is 0.840 bits per heavy atom. The van der Waals surface area contributed by atoms with Crippen molar-refractivity contribution in [3.8, 4) is 11.5 Å². The smallest absolute Gasteiger partial charge is 0.262 e. The van der Waals surface area contributed by atoms with E-state index in [-0.39, 0.29) is 39.8 Å². The first-order valence-corrected chi connectivity index (χ1v) is 17.9. The first kappa shape index (κ1) is 35.7. The molecule has 0 saturated heterocycles. The summed E-state index contributed by atoms with van der Waals surface area (Å²) in [6.45, 7) is 12.8. The standard InChI is InChI=1S/C41H44Cl2N2O5/c1-7-49-34-16-26(15-29(43)39(34)50-23-35(48)44-27-14-13-24(2)28(42)17-27)36-37-30(18-40(3,4)20-32(37)46)45(22-25-11-9-8-10-12-25)31-19-41(5,6)21-33(47)38(31)36/h8-17,36H,7,18-23H2,1-6H3,(H,44,48). The van der Waals surface area contributed by atoms with Gasteiger partial charge in [-0.15, -0.1) is 0 Å². The molecule has 0 unspecified atom stereocenters. The van der Waals surface area contributed by atoms with Gasteiger partial charge in [-0.25, -0.2) is 0 Å². The van der Waals surface area contributed by atoms with E-state index in [1.54, 1.807) is 18.2 Å². The van der Waals surface area contributed by atoms with Crippen LogP contribution < -0.4 is 14.8 Å². The minimum absolute atomic E-state index is 0.0331. The van der Waals surface area contributed by atoms with Crippen LogP contribution in [0, 0.1) is 17.8 Å². The second-order valence-electron chi connectivity index (χ2n) is 15.2. The topological polar surface area (TPSA) is 84.9 Å². The molecular weight excluding hydrogens is 671 g/mol. The number of halogens is 2. The minimum atomic E-state index is -0.612. The van der Waals surface area contributed by atoms with Crippen LogP contribution in [-0.2, 0) is 20.9 Å². The van der Waals surface area contributed by atoms with Crippen LogP contribution in [0.15, 0.2) is 83.2 Å². The molecule has 3 aromatic carbocycles. The SMILES string of the molecule is CCOc1cc(C2C3=C(CC(C)(C)CC3=O)N(Cc3ccccc3)C3=C2C(=O)CC(C)(C)C3)cc(Cl)c1OCC(=O)Nc1ccc(C)c(Cl)c1. The molecule has 0 fully saturated rings. The number of carbonyl (C=O) groups excluding carboxylic acids is 3. The number of rotatable bonds is 9. The fourth-order valence-electron chi connectivity index (χ4n) is 7.50. The average molecular weight is 716 g/mol. The summed E-state index contributed by atoms with van der Waals surface area (Å²) in [4.78, 5) is 43.7. The van der Waals surface area contributed by atoms with E-state index in [0.29, 0.717) is 72.0 Å². The molecule has 7 nitrogen and oxygen atoms in total. The number of ether oxygens (including phenoxy) is 2. The molecule has 0 spiro atoms. The Kier molecular flexibility index (Phi) is 9.95. The summed E-state index contributed by atoms with van der Waals surface area (Å²) in [6.07, 6.45) is 2.13. The second-order valence-corrected chi connectivity index (χ2v) is 16.0. The Morgan fingerprint density at radius 2 is 1.46 bits per heavy atom. The molecule has 1 amide bonds. The summed E-state index contributed by atoms with van der Waals surface area (Å²) in [5.74, 6) is -0.388. The summed E-state index contributed by atoms with van der Waals surface area (Å²) in [5, 5.41) is 3.56. The van der Waals surface area contributed by atoms with Gasteiger partial charge in [0.25, 0.3) is 5.91 Å². The van der Waals surface area contributed by atoms with Crippen LogP contribution in [0.3, 0.4) is 0 Å². The summed E-state index contributed by atoms with van der Waals surface area (Å²) in [7, 11) is 0. The number of benzene rings is 3. The predicted molar refractivity (Wildman–Crippen MR) is 198 cm³/mol. The zero-order valence-corrected chi connectivity index (χ0v) is 31.1. The maximum Gasteiger partial charge on any atom is 0.262 e. The molecule has 2 aliphatic carbocycles. The number of amides is 1. The van der Waals surface area contributed by atoms with Crippen molar-refractivity contribution in [1.82, 2.24) is 4.90 Å². The first-order valence-electron chi connectivity index (χ1n) is 17.2. The lowest BCUT2D eigenvalue weighted by Gasteiger charge is -2.49. The third-order valence-corrected chi connectivity index (χ3v) is 10.4. The Morgan fingerprint density at radius 3 is 2.04 bits per heavy atom. The zero-order valence-electron chi connectivity index (χ0n) is 29.5. The molecule has 6 rings (SSSR count). The van der Waals surface area contributed by atoms with Gasteiger partial charge < -0.3 is 19.7 Å². The number of anilines is 1. The van der Waals surface area contributed by atoms with Crippen molar-refractivity contribution in [2.75, 3.05) is 18.5 Å². The average Bonchev–Trinajstić information content (AvgIpc) is 3.02. The maximum absolute atomic E-state index is 14.3. The normalized spacial score (nSPS) is 18.5. The third kappa shape index (κ3) is 7.35. The van der Waals surface area contributed by atoms with E-state index in [0.717, 1.165) is 22.5 Å². The van der Waals surface area contributed by atoms with Crippen molar-refractivity contribution in [1.29, 1.82) is 0 Å². The van der Waals surface area contributed by atoms with Crippen molar-refractivity contribution in [2.45, 2.75) is 79.7 Å². The lowest BCUT2D eigenvalue weighted by atomic mass is 9.63. The predicted octanol–water partition coefficient (Wildman–Crippen LogP) is 9.60. The number of carbonyl (C=O) groups is 3. The zero-order chi connectivity index (χ0) is 36.0. The molecule has 0 atom stereocenters. The number of hydrogen-bond acceptors (Lipinski definition) is 6. The van der Waals surface area contributed by atoms with Gasteiger partial charge in [0.05, 0.1) is 11.6 Å². The number of ketones is 2. The van der Waals surface area contributed by atoms with Gasteiger partial charge in [-0.1, -0.05) is 87.3 Å². The third-order valence-electron chi connectivity index (χ3n) is 9.67. The first-order chi connectivity index (χ1) is 23.7. The Labute approximate surface area is 304 Å². The highest BCUT2D eigenvalue weighted by Gasteiger charge is 2.49. The molecule has 1 N–H and O–H groups in total. The number of nitrogens with zero attached hydrogens (tertiary/aromatic N) is 1. The van der Waals surface area contributed by atoms with Crippen molar-refractivity contribution < 1.29 is 23.9 Å². The molecule has 1 heterocycles. The van der Waals surface area contributed by atoms with E-state index >= 15 is 0 Å². The summed E-state index contributed by atoms with van der Waals surface area (Å²) >= 11 is 13.2. The quantitative estimate of drug-likeness (QED) is 0.238. The van der Waals surface area contributed by atoms with Crippen molar-refractivity contribution in [3.63, 3.8) is 0 Å². The van der Waals surface area contributed by atoms with Crippen molar-refractivity contribution >= 4 is 46.4 Å². The van der Waals surface area contributed by atoms with Gasteiger partial charge in [0.2, 0.25) is 0 Å². The van der Waals surface area contributed by atoms with Crippen LogP contribution in [0.25, 0.3) is 0 Å². The molecule has 9 heteroatoms. The highest BCUT2D eigenvalue weighted by Crippen LogP contribution is 2.56. The maximum atomic E-state index is 14.3. The summed E-state index contributed by atoms with van der Waals surface area (Å²) in [5.41, 5.74) is 5.96. The van der Waals surface area contributed by atoms with E-state index in [1.807, 2.05) is 44.2 Å². The van der Waals surface area contributed by atoms with Crippen LogP contribution in [0.5, 0.6) is 11.5 Å². The van der Waals surface area contributed by atoms with Gasteiger partial charge >= 0.3 is 0 Å². The lowest BCUT2D eigenvalue weighted by molar-refractivity contribution is -0.120. The summed E-state index contributed by atoms with van der Waals surface area (Å²) < 4.78 is 12.0. The summed E-state index contributed by atoms with van der Waals surface area (Å²) in [6, 6.07) is 19.0. The Hall–Kier alpha value is -4.07. The molecule has 3 aliphatic rings. The monoisotopic (exact) mass is 714 g/mol. The van der Waals surface area contributed by atoms with E-state index in [1.165, 1.54) is 0 Å². The van der Waals surface area contributed by atoms with Crippen LogP contribution in [0.4, 0.5) is 5.69 Å². The number of allylic oxidation sites excluding steroid dienone is 4. The number of Topliss-reactive ketones (excluding diaryl/α,β-unsaturated/α-hetero) is 2. The largest absolute Gasteiger partial charge is 0.490 e. The molecule has 0 aromatic heterocycles. The Balaban J connectivity index is 1.43. The van der Waals surface area contributed by atoms with Crippen molar-refractivity contribution in [2.24, 2.45) is 10.8 Å². The molecule has 0 saturated carbocycles. The fraction of sp³-hybridized carbons (Fsp3) is 0.390. The van der Waals surface area contributed by atoms with Gasteiger partial charge in [-0.05, 0) is 78.5 Å². The van der Waals surface area contributed by atoms with Gasteiger partial charge in [0.1, 0.15) is 0 Å². The fourth-order valence-corrected chi connectivity index (χ4v) is 7.96. The highest BCUT2D eigenvalue weighted by molar-refractivity contribution is 6.32.